The molecule has 1 aromatic heterocycles. The SMILES string of the molecule is CC1(C)c2ccccc2-c2c(-c3ccccc3N(c3ccccc3-c3ccccc3-c3ccccc3-c3ccccc3)c3cccc4oc5ccccc5c34)cccc21. The van der Waals surface area contributed by atoms with Gasteiger partial charge in [-0.15, -0.1) is 0 Å². The number of furan rings is 1. The highest BCUT2D eigenvalue weighted by atomic mass is 16.3. The Labute approximate surface area is 345 Å². The molecule has 1 heterocycles. The molecule has 0 atom stereocenters. The maximum atomic E-state index is 6.57. The summed E-state index contributed by atoms with van der Waals surface area (Å²) in [5.74, 6) is 0. The molecule has 0 bridgehead atoms. The summed E-state index contributed by atoms with van der Waals surface area (Å²) in [5.41, 5.74) is 19.6. The van der Waals surface area contributed by atoms with Crippen molar-refractivity contribution >= 4 is 39.0 Å². The van der Waals surface area contributed by atoms with Crippen LogP contribution in [0.25, 0.3) is 77.6 Å². The fourth-order valence-corrected chi connectivity index (χ4v) is 9.64. The number of fused-ring (bicyclic) bond motifs is 6. The van der Waals surface area contributed by atoms with Gasteiger partial charge in [-0.2, -0.15) is 0 Å². The zero-order valence-electron chi connectivity index (χ0n) is 33.1. The number of rotatable bonds is 7. The lowest BCUT2D eigenvalue weighted by Gasteiger charge is -2.31. The molecule has 0 aliphatic heterocycles. The van der Waals surface area contributed by atoms with Crippen LogP contribution in [0.4, 0.5) is 17.1 Å². The molecule has 0 fully saturated rings. The van der Waals surface area contributed by atoms with Gasteiger partial charge in [0.05, 0.1) is 22.4 Å². The molecule has 0 spiro atoms. The predicted molar refractivity (Wildman–Crippen MR) is 248 cm³/mol. The minimum atomic E-state index is -0.121. The molecule has 0 saturated heterocycles. The highest BCUT2D eigenvalue weighted by Gasteiger charge is 2.37. The summed E-state index contributed by atoms with van der Waals surface area (Å²) < 4.78 is 6.57. The normalized spacial score (nSPS) is 12.7. The van der Waals surface area contributed by atoms with Gasteiger partial charge in [-0.25, -0.2) is 0 Å². The summed E-state index contributed by atoms with van der Waals surface area (Å²) in [4.78, 5) is 2.49. The molecule has 0 unspecified atom stereocenters. The predicted octanol–water partition coefficient (Wildman–Crippen LogP) is 16.0. The summed E-state index contributed by atoms with van der Waals surface area (Å²) in [7, 11) is 0. The Balaban J connectivity index is 1.20. The van der Waals surface area contributed by atoms with Crippen LogP contribution in [0.3, 0.4) is 0 Å². The maximum Gasteiger partial charge on any atom is 0.137 e. The second-order valence-electron chi connectivity index (χ2n) is 16.0. The van der Waals surface area contributed by atoms with Gasteiger partial charge in [-0.3, -0.25) is 0 Å². The van der Waals surface area contributed by atoms with Gasteiger partial charge in [0, 0.05) is 21.9 Å². The lowest BCUT2D eigenvalue weighted by Crippen LogP contribution is -2.15. The van der Waals surface area contributed by atoms with E-state index < -0.39 is 0 Å². The molecule has 2 heteroatoms. The fourth-order valence-electron chi connectivity index (χ4n) is 9.64. The molecule has 2 nitrogen and oxygen atoms in total. The molecule has 11 rings (SSSR count). The van der Waals surface area contributed by atoms with Gasteiger partial charge in [0.2, 0.25) is 0 Å². The quantitative estimate of drug-likeness (QED) is 0.161. The van der Waals surface area contributed by atoms with Gasteiger partial charge in [0.1, 0.15) is 11.2 Å². The van der Waals surface area contributed by atoms with Crippen LogP contribution in [0.2, 0.25) is 0 Å². The highest BCUT2D eigenvalue weighted by molar-refractivity contribution is 6.15. The first kappa shape index (κ1) is 34.8. The van der Waals surface area contributed by atoms with Crippen LogP contribution in [0.1, 0.15) is 25.0 Å². The number of hydrogen-bond acceptors (Lipinski definition) is 2. The summed E-state index contributed by atoms with van der Waals surface area (Å²) in [6.45, 7) is 4.71. The van der Waals surface area contributed by atoms with Crippen LogP contribution in [-0.2, 0) is 5.41 Å². The molecular weight excluding hydrogens is 715 g/mol. The highest BCUT2D eigenvalue weighted by Crippen LogP contribution is 2.55. The summed E-state index contributed by atoms with van der Waals surface area (Å²) in [6.07, 6.45) is 0. The van der Waals surface area contributed by atoms with Crippen LogP contribution in [0.15, 0.2) is 217 Å². The third kappa shape index (κ3) is 5.56. The lowest BCUT2D eigenvalue weighted by molar-refractivity contribution is 0.660. The van der Waals surface area contributed by atoms with E-state index in [4.69, 9.17) is 4.42 Å². The van der Waals surface area contributed by atoms with Crippen molar-refractivity contribution in [1.82, 2.24) is 0 Å². The maximum absolute atomic E-state index is 6.57. The molecule has 10 aromatic rings. The molecule has 0 amide bonds. The molecule has 280 valence electrons. The van der Waals surface area contributed by atoms with Crippen molar-refractivity contribution in [2.24, 2.45) is 0 Å². The van der Waals surface area contributed by atoms with E-state index in [1.54, 1.807) is 0 Å². The Morgan fingerprint density at radius 1 is 0.339 bits per heavy atom. The molecule has 0 N–H and O–H groups in total. The molecular formula is C57H41NO. The molecule has 59 heavy (non-hydrogen) atoms. The Hall–Kier alpha value is -7.42. The number of anilines is 3. The number of benzene rings is 9. The third-order valence-corrected chi connectivity index (χ3v) is 12.3. The largest absolute Gasteiger partial charge is 0.456 e. The zero-order chi connectivity index (χ0) is 39.5. The third-order valence-electron chi connectivity index (χ3n) is 12.3. The minimum Gasteiger partial charge on any atom is -0.456 e. The Bertz CT molecular complexity index is 3210. The molecule has 1 aliphatic carbocycles. The van der Waals surface area contributed by atoms with E-state index in [0.717, 1.165) is 50.1 Å². The first-order valence-corrected chi connectivity index (χ1v) is 20.4. The van der Waals surface area contributed by atoms with E-state index in [0.29, 0.717) is 0 Å². The first-order chi connectivity index (χ1) is 29.1. The van der Waals surface area contributed by atoms with Crippen molar-refractivity contribution in [3.8, 4) is 55.6 Å². The average Bonchev–Trinajstić information content (AvgIpc) is 3.80. The van der Waals surface area contributed by atoms with Crippen LogP contribution < -0.4 is 4.90 Å². The Kier molecular flexibility index (Phi) is 8.20. The van der Waals surface area contributed by atoms with E-state index in [9.17, 15) is 0 Å². The standard InChI is InChI=1S/C57H41NO/c1-57(2)48-31-14-10-28-46(48)55-45(30-18-32-49(55)57)44-27-12-16-34-51(44)58(52-35-19-37-54-56(52)47-29-13-17-36-53(47)59-54)50-33-15-11-26-43(50)42-25-9-8-24-41(42)40-23-7-6-22-39(40)38-20-4-3-5-21-38/h3-37H,1-2H3. The summed E-state index contributed by atoms with van der Waals surface area (Å²) in [6, 6.07) is 76.8. The second-order valence-corrected chi connectivity index (χ2v) is 16.0. The van der Waals surface area contributed by atoms with E-state index >= 15 is 0 Å². The minimum absolute atomic E-state index is 0.121. The van der Waals surface area contributed by atoms with Gasteiger partial charge in [-0.1, -0.05) is 196 Å². The first-order valence-electron chi connectivity index (χ1n) is 20.4. The monoisotopic (exact) mass is 755 g/mol. The lowest BCUT2D eigenvalue weighted by atomic mass is 9.82. The van der Waals surface area contributed by atoms with E-state index in [1.807, 2.05) is 6.07 Å². The van der Waals surface area contributed by atoms with Gasteiger partial charge in [0.15, 0.2) is 0 Å². The molecule has 9 aromatic carbocycles. The van der Waals surface area contributed by atoms with Crippen LogP contribution in [0, 0.1) is 0 Å². The Morgan fingerprint density at radius 2 is 0.797 bits per heavy atom. The molecule has 0 radical (unpaired) electrons. The van der Waals surface area contributed by atoms with E-state index in [2.05, 4.69) is 225 Å². The smallest absolute Gasteiger partial charge is 0.137 e. The van der Waals surface area contributed by atoms with Crippen molar-refractivity contribution in [2.75, 3.05) is 4.90 Å². The van der Waals surface area contributed by atoms with Crippen molar-refractivity contribution < 1.29 is 4.42 Å². The van der Waals surface area contributed by atoms with Crippen molar-refractivity contribution in [3.63, 3.8) is 0 Å². The van der Waals surface area contributed by atoms with Crippen molar-refractivity contribution in [1.29, 1.82) is 0 Å². The van der Waals surface area contributed by atoms with Crippen molar-refractivity contribution in [2.45, 2.75) is 19.3 Å². The Morgan fingerprint density at radius 3 is 1.53 bits per heavy atom. The summed E-state index contributed by atoms with van der Waals surface area (Å²) in [5, 5.41) is 2.17. The number of nitrogens with zero attached hydrogens (tertiary/aromatic N) is 1. The molecule has 0 saturated carbocycles. The van der Waals surface area contributed by atoms with E-state index in [1.165, 1.54) is 55.6 Å². The average molecular weight is 756 g/mol. The van der Waals surface area contributed by atoms with Gasteiger partial charge in [0.25, 0.3) is 0 Å². The fraction of sp³-hybridized carbons (Fsp3) is 0.0526. The topological polar surface area (TPSA) is 16.4 Å². The van der Waals surface area contributed by atoms with Crippen LogP contribution in [0.5, 0.6) is 0 Å². The van der Waals surface area contributed by atoms with E-state index in [-0.39, 0.29) is 5.41 Å². The number of hydrogen-bond donors (Lipinski definition) is 0. The molecule has 1 aliphatic rings. The van der Waals surface area contributed by atoms with Crippen LogP contribution >= 0.6 is 0 Å². The number of para-hydroxylation sites is 3. The van der Waals surface area contributed by atoms with Gasteiger partial charge in [-0.05, 0) is 86.0 Å². The van der Waals surface area contributed by atoms with Crippen molar-refractivity contribution in [3.05, 3.63) is 223 Å². The van der Waals surface area contributed by atoms with Gasteiger partial charge >= 0.3 is 0 Å². The second kappa shape index (κ2) is 13.9. The zero-order valence-corrected chi connectivity index (χ0v) is 33.1. The summed E-state index contributed by atoms with van der Waals surface area (Å²) >= 11 is 0. The van der Waals surface area contributed by atoms with Crippen LogP contribution in [-0.4, -0.2) is 0 Å². The van der Waals surface area contributed by atoms with Gasteiger partial charge < -0.3 is 9.32 Å².